The quantitative estimate of drug-likeness (QED) is 0.770. The monoisotopic (exact) mass is 402 g/mol. The molecule has 1 aromatic carbocycles. The van der Waals surface area contributed by atoms with E-state index in [0.29, 0.717) is 17.7 Å². The van der Waals surface area contributed by atoms with Crippen LogP contribution in [0.4, 0.5) is 5.00 Å². The Kier molecular flexibility index (Phi) is 5.46. The first-order valence-corrected chi connectivity index (χ1v) is 9.16. The van der Waals surface area contributed by atoms with Gasteiger partial charge in [-0.1, -0.05) is 18.2 Å². The van der Waals surface area contributed by atoms with Crippen LogP contribution in [0, 0.1) is 6.92 Å². The van der Waals surface area contributed by atoms with E-state index in [2.05, 4.69) is 5.32 Å². The van der Waals surface area contributed by atoms with Gasteiger partial charge in [-0.05, 0) is 24.1 Å². The molecule has 1 aliphatic rings. The van der Waals surface area contributed by atoms with Crippen molar-refractivity contribution < 1.29 is 28.7 Å². The minimum absolute atomic E-state index is 0.0947. The molecule has 1 aromatic heterocycles. The van der Waals surface area contributed by atoms with E-state index in [4.69, 9.17) is 9.47 Å². The Labute approximate surface area is 165 Å². The van der Waals surface area contributed by atoms with Crippen LogP contribution in [0.25, 0.3) is 0 Å². The predicted molar refractivity (Wildman–Crippen MR) is 102 cm³/mol. The van der Waals surface area contributed by atoms with Gasteiger partial charge in [0.2, 0.25) is 5.91 Å². The Morgan fingerprint density at radius 3 is 2.46 bits per heavy atom. The molecule has 0 unspecified atom stereocenters. The van der Waals surface area contributed by atoms with Gasteiger partial charge in [0.15, 0.2) is 0 Å². The molecule has 2 amide bonds. The van der Waals surface area contributed by atoms with Crippen molar-refractivity contribution in [1.29, 1.82) is 0 Å². The highest BCUT2D eigenvalue weighted by Gasteiger charge is 2.30. The molecule has 2 aromatic rings. The normalized spacial score (nSPS) is 12.5. The van der Waals surface area contributed by atoms with Gasteiger partial charge in [-0.15, -0.1) is 11.3 Å². The second kappa shape index (κ2) is 7.81. The van der Waals surface area contributed by atoms with E-state index < -0.39 is 17.8 Å². The molecule has 8 nitrogen and oxygen atoms in total. The number of ether oxygens (including phenoxy) is 2. The second-order valence-corrected chi connectivity index (χ2v) is 7.13. The zero-order chi connectivity index (χ0) is 20.4. The van der Waals surface area contributed by atoms with E-state index in [1.54, 1.807) is 19.1 Å². The van der Waals surface area contributed by atoms with Crippen molar-refractivity contribution in [3.8, 4) is 0 Å². The minimum atomic E-state index is -0.677. The van der Waals surface area contributed by atoms with Gasteiger partial charge in [-0.3, -0.25) is 9.59 Å². The SMILES string of the molecule is COC(=O)c1sc(NC(=O)CN2Cc3ccccc3C2=O)c(C(=O)OC)c1C. The molecule has 0 aliphatic carbocycles. The van der Waals surface area contributed by atoms with E-state index in [-0.39, 0.29) is 27.9 Å². The molecule has 0 atom stereocenters. The molecule has 0 fully saturated rings. The number of amides is 2. The number of esters is 2. The lowest BCUT2D eigenvalue weighted by atomic mass is 10.1. The molecule has 1 N–H and O–H groups in total. The highest BCUT2D eigenvalue weighted by Crippen LogP contribution is 2.34. The Morgan fingerprint density at radius 1 is 1.14 bits per heavy atom. The molecule has 146 valence electrons. The van der Waals surface area contributed by atoms with Crippen LogP contribution in [-0.2, 0) is 20.8 Å². The minimum Gasteiger partial charge on any atom is -0.465 e. The van der Waals surface area contributed by atoms with Crippen LogP contribution >= 0.6 is 11.3 Å². The van der Waals surface area contributed by atoms with Crippen molar-refractivity contribution in [1.82, 2.24) is 4.90 Å². The highest BCUT2D eigenvalue weighted by molar-refractivity contribution is 7.18. The lowest BCUT2D eigenvalue weighted by Crippen LogP contribution is -2.33. The Hall–Kier alpha value is -3.20. The van der Waals surface area contributed by atoms with Crippen LogP contribution < -0.4 is 5.32 Å². The molecule has 0 bridgehead atoms. The second-order valence-electron chi connectivity index (χ2n) is 6.11. The highest BCUT2D eigenvalue weighted by atomic mass is 32.1. The number of hydrogen-bond donors (Lipinski definition) is 1. The van der Waals surface area contributed by atoms with E-state index in [1.807, 2.05) is 12.1 Å². The molecule has 2 heterocycles. The Bertz CT molecular complexity index is 981. The number of fused-ring (bicyclic) bond motifs is 1. The van der Waals surface area contributed by atoms with Gasteiger partial charge >= 0.3 is 11.9 Å². The summed E-state index contributed by atoms with van der Waals surface area (Å²) >= 11 is 0.926. The number of rotatable bonds is 5. The summed E-state index contributed by atoms with van der Waals surface area (Å²) in [6.07, 6.45) is 0. The zero-order valence-corrected chi connectivity index (χ0v) is 16.3. The lowest BCUT2D eigenvalue weighted by Gasteiger charge is -2.15. The molecule has 0 spiro atoms. The third-order valence-corrected chi connectivity index (χ3v) is 5.58. The summed E-state index contributed by atoms with van der Waals surface area (Å²) in [7, 11) is 2.44. The van der Waals surface area contributed by atoms with Crippen molar-refractivity contribution in [2.24, 2.45) is 0 Å². The molecule has 0 saturated heterocycles. The number of benzene rings is 1. The summed E-state index contributed by atoms with van der Waals surface area (Å²) in [6, 6.07) is 7.16. The number of carbonyl (C=O) groups is 4. The van der Waals surface area contributed by atoms with Crippen molar-refractivity contribution >= 4 is 40.1 Å². The van der Waals surface area contributed by atoms with Gasteiger partial charge in [0, 0.05) is 12.1 Å². The smallest absolute Gasteiger partial charge is 0.348 e. The van der Waals surface area contributed by atoms with Crippen molar-refractivity contribution in [2.75, 3.05) is 26.1 Å². The maximum atomic E-state index is 12.5. The van der Waals surface area contributed by atoms with Crippen molar-refractivity contribution in [3.63, 3.8) is 0 Å². The number of thiophene rings is 1. The standard InChI is InChI=1S/C19H18N2O6S/c1-10-14(18(24)26-2)16(28-15(10)19(25)27-3)20-13(22)9-21-8-11-6-4-5-7-12(11)17(21)23/h4-7H,8-9H2,1-3H3,(H,20,22). The molecular weight excluding hydrogens is 384 g/mol. The molecule has 3 rings (SSSR count). The number of methoxy groups -OCH3 is 2. The van der Waals surface area contributed by atoms with Gasteiger partial charge in [-0.2, -0.15) is 0 Å². The van der Waals surface area contributed by atoms with Crippen molar-refractivity contribution in [2.45, 2.75) is 13.5 Å². The summed E-state index contributed by atoms with van der Waals surface area (Å²) in [4.78, 5) is 50.6. The maximum Gasteiger partial charge on any atom is 0.348 e. The maximum absolute atomic E-state index is 12.5. The number of anilines is 1. The number of hydrogen-bond acceptors (Lipinski definition) is 7. The summed E-state index contributed by atoms with van der Waals surface area (Å²) in [5, 5.41) is 2.80. The van der Waals surface area contributed by atoms with E-state index in [1.165, 1.54) is 19.1 Å². The largest absolute Gasteiger partial charge is 0.465 e. The number of nitrogens with one attached hydrogen (secondary N) is 1. The molecule has 0 radical (unpaired) electrons. The third kappa shape index (κ3) is 3.48. The fourth-order valence-corrected chi connectivity index (χ4v) is 4.15. The summed E-state index contributed by atoms with van der Waals surface area (Å²) < 4.78 is 9.47. The Morgan fingerprint density at radius 2 is 1.82 bits per heavy atom. The third-order valence-electron chi connectivity index (χ3n) is 4.39. The first-order chi connectivity index (χ1) is 13.4. The summed E-state index contributed by atoms with van der Waals surface area (Å²) in [6.45, 7) is 1.73. The van der Waals surface area contributed by atoms with Crippen LogP contribution in [0.2, 0.25) is 0 Å². The van der Waals surface area contributed by atoms with Gasteiger partial charge in [0.05, 0.1) is 19.8 Å². The molecule has 1 aliphatic heterocycles. The number of carbonyl (C=O) groups excluding carboxylic acids is 4. The zero-order valence-electron chi connectivity index (χ0n) is 15.5. The average Bonchev–Trinajstić information content (AvgIpc) is 3.17. The van der Waals surface area contributed by atoms with E-state index >= 15 is 0 Å². The average molecular weight is 402 g/mol. The molecule has 28 heavy (non-hydrogen) atoms. The fourth-order valence-electron chi connectivity index (χ4n) is 3.02. The first kappa shape index (κ1) is 19.6. The summed E-state index contributed by atoms with van der Waals surface area (Å²) in [5.41, 5.74) is 1.89. The van der Waals surface area contributed by atoms with Gasteiger partial charge in [0.25, 0.3) is 5.91 Å². The van der Waals surface area contributed by atoms with Crippen LogP contribution in [-0.4, -0.2) is 49.4 Å². The predicted octanol–water partition coefficient (Wildman–Crippen LogP) is 2.22. The lowest BCUT2D eigenvalue weighted by molar-refractivity contribution is -0.116. The number of nitrogens with zero attached hydrogens (tertiary/aromatic N) is 1. The van der Waals surface area contributed by atoms with E-state index in [9.17, 15) is 19.2 Å². The summed E-state index contributed by atoms with van der Waals surface area (Å²) in [5.74, 6) is -2.00. The first-order valence-electron chi connectivity index (χ1n) is 8.34. The Balaban J connectivity index is 1.80. The topological polar surface area (TPSA) is 102 Å². The fraction of sp³-hybridized carbons (Fsp3) is 0.263. The molecular formula is C19H18N2O6S. The van der Waals surface area contributed by atoms with Crippen molar-refractivity contribution in [3.05, 3.63) is 51.4 Å². The van der Waals surface area contributed by atoms with Crippen LogP contribution in [0.3, 0.4) is 0 Å². The van der Waals surface area contributed by atoms with Gasteiger partial charge in [0.1, 0.15) is 16.4 Å². The van der Waals surface area contributed by atoms with Crippen LogP contribution in [0.1, 0.15) is 41.5 Å². The van der Waals surface area contributed by atoms with E-state index in [0.717, 1.165) is 16.9 Å². The van der Waals surface area contributed by atoms with Gasteiger partial charge < -0.3 is 19.7 Å². The van der Waals surface area contributed by atoms with Crippen LogP contribution in [0.15, 0.2) is 24.3 Å². The molecule has 9 heteroatoms. The molecule has 0 saturated carbocycles. The van der Waals surface area contributed by atoms with Gasteiger partial charge in [-0.25, -0.2) is 9.59 Å². The van der Waals surface area contributed by atoms with Crippen LogP contribution in [0.5, 0.6) is 0 Å².